The Hall–Kier alpha value is -1.12. The number of esters is 1. The van der Waals surface area contributed by atoms with Crippen molar-refractivity contribution >= 4 is 11.8 Å². The van der Waals surface area contributed by atoms with E-state index in [2.05, 4.69) is 4.74 Å². The van der Waals surface area contributed by atoms with E-state index in [-0.39, 0.29) is 12.2 Å². The molecule has 0 aliphatic heterocycles. The van der Waals surface area contributed by atoms with Crippen LogP contribution in [0.4, 0.5) is 0 Å². The smallest absolute Gasteiger partial charge is 0.313 e. The Morgan fingerprint density at radius 3 is 2.42 bits per heavy atom. The van der Waals surface area contributed by atoms with Gasteiger partial charge in [-0.15, -0.1) is 0 Å². The van der Waals surface area contributed by atoms with Crippen molar-refractivity contribution in [3.63, 3.8) is 0 Å². The van der Waals surface area contributed by atoms with Crippen molar-refractivity contribution in [1.29, 1.82) is 0 Å². The SMILES string of the molecule is COC(=O)CC(=O)C=CC(C)C. The zero-order valence-electron chi connectivity index (χ0n) is 7.66. The molecule has 0 aromatic carbocycles. The first-order valence-electron chi connectivity index (χ1n) is 3.84. The van der Waals surface area contributed by atoms with Gasteiger partial charge < -0.3 is 4.74 Å². The molecular formula is C9H14O3. The van der Waals surface area contributed by atoms with Gasteiger partial charge >= 0.3 is 5.97 Å². The molecule has 0 rings (SSSR count). The summed E-state index contributed by atoms with van der Waals surface area (Å²) in [4.78, 5) is 21.5. The minimum absolute atomic E-state index is 0.167. The molecular weight excluding hydrogens is 156 g/mol. The van der Waals surface area contributed by atoms with Gasteiger partial charge in [-0.2, -0.15) is 0 Å². The molecule has 0 aromatic rings. The molecule has 3 heteroatoms. The Labute approximate surface area is 72.4 Å². The fourth-order valence-corrected chi connectivity index (χ4v) is 0.573. The summed E-state index contributed by atoms with van der Waals surface area (Å²) in [6, 6.07) is 0. The van der Waals surface area contributed by atoms with Gasteiger partial charge in [-0.3, -0.25) is 9.59 Å². The van der Waals surface area contributed by atoms with Crippen LogP contribution in [0.1, 0.15) is 20.3 Å². The minimum atomic E-state index is -0.492. The number of hydrogen-bond acceptors (Lipinski definition) is 3. The van der Waals surface area contributed by atoms with Crippen molar-refractivity contribution in [2.45, 2.75) is 20.3 Å². The lowest BCUT2D eigenvalue weighted by molar-refractivity contribution is -0.142. The van der Waals surface area contributed by atoms with Crippen molar-refractivity contribution in [2.75, 3.05) is 7.11 Å². The molecule has 0 aromatic heterocycles. The molecule has 12 heavy (non-hydrogen) atoms. The van der Waals surface area contributed by atoms with Gasteiger partial charge in [0.15, 0.2) is 5.78 Å². The Morgan fingerprint density at radius 2 is 2.00 bits per heavy atom. The molecule has 0 bridgehead atoms. The summed E-state index contributed by atoms with van der Waals surface area (Å²) in [5, 5.41) is 0. The summed E-state index contributed by atoms with van der Waals surface area (Å²) in [7, 11) is 1.27. The van der Waals surface area contributed by atoms with Crippen molar-refractivity contribution < 1.29 is 14.3 Å². The number of allylic oxidation sites excluding steroid dienone is 2. The lowest BCUT2D eigenvalue weighted by Crippen LogP contribution is -2.06. The van der Waals surface area contributed by atoms with E-state index in [1.54, 1.807) is 6.08 Å². The lowest BCUT2D eigenvalue weighted by Gasteiger charge is -1.95. The molecule has 0 fully saturated rings. The normalized spacial score (nSPS) is 10.7. The molecule has 0 aliphatic carbocycles. The van der Waals surface area contributed by atoms with E-state index < -0.39 is 5.97 Å². The first-order valence-corrected chi connectivity index (χ1v) is 3.84. The number of rotatable bonds is 4. The molecule has 0 amide bonds. The number of carbonyl (C=O) groups excluding carboxylic acids is 2. The van der Waals surface area contributed by atoms with Gasteiger partial charge in [-0.1, -0.05) is 19.9 Å². The van der Waals surface area contributed by atoms with Crippen LogP contribution >= 0.6 is 0 Å². The number of carbonyl (C=O) groups is 2. The number of ketones is 1. The summed E-state index contributed by atoms with van der Waals surface area (Å²) in [6.07, 6.45) is 3.01. The van der Waals surface area contributed by atoms with E-state index in [1.165, 1.54) is 13.2 Å². The summed E-state index contributed by atoms with van der Waals surface area (Å²) in [6.45, 7) is 3.92. The highest BCUT2D eigenvalue weighted by Crippen LogP contribution is 1.95. The predicted molar refractivity (Wildman–Crippen MR) is 45.6 cm³/mol. The Kier molecular flexibility index (Phi) is 5.00. The van der Waals surface area contributed by atoms with Crippen molar-refractivity contribution in [2.24, 2.45) is 5.92 Å². The Morgan fingerprint density at radius 1 is 1.42 bits per heavy atom. The number of hydrogen-bond donors (Lipinski definition) is 0. The summed E-state index contributed by atoms with van der Waals surface area (Å²) in [5.41, 5.74) is 0. The lowest BCUT2D eigenvalue weighted by atomic mass is 10.1. The third kappa shape index (κ3) is 5.65. The fourth-order valence-electron chi connectivity index (χ4n) is 0.573. The second-order valence-electron chi connectivity index (χ2n) is 2.82. The van der Waals surface area contributed by atoms with E-state index in [1.807, 2.05) is 13.8 Å². The predicted octanol–water partition coefficient (Wildman–Crippen LogP) is 1.33. The molecule has 0 aliphatic rings. The monoisotopic (exact) mass is 170 g/mol. The Bertz CT molecular complexity index is 192. The van der Waals surface area contributed by atoms with Crippen LogP contribution in [0.2, 0.25) is 0 Å². The first-order chi connectivity index (χ1) is 5.56. The van der Waals surface area contributed by atoms with Gasteiger partial charge in [0.25, 0.3) is 0 Å². The highest BCUT2D eigenvalue weighted by atomic mass is 16.5. The molecule has 0 atom stereocenters. The average molecular weight is 170 g/mol. The zero-order chi connectivity index (χ0) is 9.56. The molecule has 0 spiro atoms. The minimum Gasteiger partial charge on any atom is -0.469 e. The van der Waals surface area contributed by atoms with Crippen molar-refractivity contribution in [3.05, 3.63) is 12.2 Å². The molecule has 0 unspecified atom stereocenters. The fraction of sp³-hybridized carbons (Fsp3) is 0.556. The van der Waals surface area contributed by atoms with E-state index >= 15 is 0 Å². The van der Waals surface area contributed by atoms with E-state index in [0.717, 1.165) is 0 Å². The molecule has 0 saturated carbocycles. The third-order valence-corrected chi connectivity index (χ3v) is 1.21. The Balaban J connectivity index is 3.82. The van der Waals surface area contributed by atoms with Crippen molar-refractivity contribution in [1.82, 2.24) is 0 Å². The van der Waals surface area contributed by atoms with E-state index in [0.29, 0.717) is 5.92 Å². The maximum Gasteiger partial charge on any atom is 0.313 e. The molecule has 0 radical (unpaired) electrons. The first kappa shape index (κ1) is 10.9. The summed E-state index contributed by atoms with van der Waals surface area (Å²) >= 11 is 0. The topological polar surface area (TPSA) is 43.4 Å². The van der Waals surface area contributed by atoms with Crippen LogP contribution in [-0.4, -0.2) is 18.9 Å². The highest BCUT2D eigenvalue weighted by molar-refractivity contribution is 6.01. The van der Waals surface area contributed by atoms with Crippen LogP contribution in [0, 0.1) is 5.92 Å². The largest absolute Gasteiger partial charge is 0.469 e. The van der Waals surface area contributed by atoms with Gasteiger partial charge in [0.2, 0.25) is 0 Å². The zero-order valence-corrected chi connectivity index (χ0v) is 7.66. The van der Waals surface area contributed by atoms with Gasteiger partial charge in [0.05, 0.1) is 7.11 Å². The van der Waals surface area contributed by atoms with Crippen LogP contribution < -0.4 is 0 Å². The van der Waals surface area contributed by atoms with Crippen LogP contribution in [0.25, 0.3) is 0 Å². The van der Waals surface area contributed by atoms with Gasteiger partial charge in [-0.25, -0.2) is 0 Å². The van der Waals surface area contributed by atoms with Crippen LogP contribution in [0.3, 0.4) is 0 Å². The van der Waals surface area contributed by atoms with Gasteiger partial charge in [0.1, 0.15) is 6.42 Å². The summed E-state index contributed by atoms with van der Waals surface area (Å²) in [5.74, 6) is -0.379. The maximum atomic E-state index is 10.9. The summed E-state index contributed by atoms with van der Waals surface area (Å²) < 4.78 is 4.33. The highest BCUT2D eigenvalue weighted by Gasteiger charge is 2.05. The maximum absolute atomic E-state index is 10.9. The molecule has 0 saturated heterocycles. The quantitative estimate of drug-likeness (QED) is 0.363. The van der Waals surface area contributed by atoms with Crippen molar-refractivity contribution in [3.8, 4) is 0 Å². The van der Waals surface area contributed by atoms with E-state index in [9.17, 15) is 9.59 Å². The molecule has 3 nitrogen and oxygen atoms in total. The number of methoxy groups -OCH3 is 1. The second-order valence-corrected chi connectivity index (χ2v) is 2.82. The van der Waals surface area contributed by atoms with Gasteiger partial charge in [0, 0.05) is 0 Å². The van der Waals surface area contributed by atoms with Gasteiger partial charge in [-0.05, 0) is 12.0 Å². The van der Waals surface area contributed by atoms with Crippen LogP contribution in [-0.2, 0) is 14.3 Å². The molecule has 68 valence electrons. The molecule has 0 heterocycles. The third-order valence-electron chi connectivity index (χ3n) is 1.21. The standard InChI is InChI=1S/C9H14O3/c1-7(2)4-5-8(10)6-9(11)12-3/h4-5,7H,6H2,1-3H3. The second kappa shape index (κ2) is 5.52. The van der Waals surface area contributed by atoms with Crippen LogP contribution in [0.5, 0.6) is 0 Å². The average Bonchev–Trinajstić information content (AvgIpc) is 2.00. The van der Waals surface area contributed by atoms with E-state index in [4.69, 9.17) is 0 Å². The van der Waals surface area contributed by atoms with Crippen LogP contribution in [0.15, 0.2) is 12.2 Å². The number of ether oxygens (including phenoxy) is 1. The molecule has 0 N–H and O–H groups in total.